The van der Waals surface area contributed by atoms with Crippen molar-refractivity contribution in [1.29, 1.82) is 0 Å². The summed E-state index contributed by atoms with van der Waals surface area (Å²) in [5.74, 6) is 0. The molecule has 0 amide bonds. The molecule has 0 unspecified atom stereocenters. The van der Waals surface area contributed by atoms with Gasteiger partial charge >= 0.3 is 0 Å². The maximum Gasteiger partial charge on any atom is 0.160 e. The van der Waals surface area contributed by atoms with Crippen LogP contribution in [-0.2, 0) is 7.05 Å². The standard InChI is InChI=1S/C23H16BrN3/c1-27-19-14-17(24)12-13-18(19)22-23(27)26-21(16-10-6-3-7-11-16)20(25-22)15-8-4-2-5-9-15/h2-14H,1H3. The van der Waals surface area contributed by atoms with Crippen LogP contribution in [0.4, 0.5) is 0 Å². The van der Waals surface area contributed by atoms with Crippen LogP contribution in [0.5, 0.6) is 0 Å². The second-order valence-electron chi connectivity index (χ2n) is 6.55. The van der Waals surface area contributed by atoms with Crippen LogP contribution in [0, 0.1) is 0 Å². The van der Waals surface area contributed by atoms with Gasteiger partial charge in [-0.25, -0.2) is 9.97 Å². The Balaban J connectivity index is 1.92. The molecule has 2 heterocycles. The molecule has 3 aromatic carbocycles. The van der Waals surface area contributed by atoms with Crippen LogP contribution in [0.25, 0.3) is 44.6 Å². The molecule has 130 valence electrons. The molecule has 0 saturated carbocycles. The average Bonchev–Trinajstić information content (AvgIpc) is 2.99. The Bertz CT molecular complexity index is 1280. The van der Waals surface area contributed by atoms with Gasteiger partial charge in [0.15, 0.2) is 5.65 Å². The van der Waals surface area contributed by atoms with Crippen LogP contribution in [0.3, 0.4) is 0 Å². The van der Waals surface area contributed by atoms with Crippen molar-refractivity contribution in [2.24, 2.45) is 7.05 Å². The summed E-state index contributed by atoms with van der Waals surface area (Å²) >= 11 is 3.57. The zero-order valence-electron chi connectivity index (χ0n) is 14.7. The van der Waals surface area contributed by atoms with Crippen LogP contribution in [0.2, 0.25) is 0 Å². The highest BCUT2D eigenvalue weighted by atomic mass is 79.9. The number of fused-ring (bicyclic) bond motifs is 3. The summed E-state index contributed by atoms with van der Waals surface area (Å²) in [5, 5.41) is 1.11. The van der Waals surface area contributed by atoms with Gasteiger partial charge in [-0.2, -0.15) is 0 Å². The number of nitrogens with zero attached hydrogens (tertiary/aromatic N) is 3. The van der Waals surface area contributed by atoms with Gasteiger partial charge < -0.3 is 4.57 Å². The lowest BCUT2D eigenvalue weighted by atomic mass is 10.0. The minimum atomic E-state index is 0.890. The van der Waals surface area contributed by atoms with Crippen LogP contribution < -0.4 is 0 Å². The molecule has 0 aliphatic rings. The first-order valence-corrected chi connectivity index (χ1v) is 9.58. The Kier molecular flexibility index (Phi) is 3.80. The molecule has 2 aromatic heterocycles. The summed E-state index contributed by atoms with van der Waals surface area (Å²) in [7, 11) is 2.04. The van der Waals surface area contributed by atoms with Gasteiger partial charge in [-0.15, -0.1) is 0 Å². The van der Waals surface area contributed by atoms with Gasteiger partial charge in [-0.05, 0) is 18.2 Å². The van der Waals surface area contributed by atoms with Gasteiger partial charge in [0.1, 0.15) is 5.52 Å². The van der Waals surface area contributed by atoms with E-state index in [2.05, 4.69) is 63.0 Å². The van der Waals surface area contributed by atoms with Crippen molar-refractivity contribution < 1.29 is 0 Å². The van der Waals surface area contributed by atoms with E-state index in [1.165, 1.54) is 0 Å². The minimum Gasteiger partial charge on any atom is -0.327 e. The van der Waals surface area contributed by atoms with Gasteiger partial charge in [0.05, 0.1) is 16.9 Å². The Hall–Kier alpha value is -2.98. The van der Waals surface area contributed by atoms with Crippen molar-refractivity contribution in [3.05, 3.63) is 83.3 Å². The van der Waals surface area contributed by atoms with Crippen molar-refractivity contribution >= 4 is 38.0 Å². The molecule has 0 spiro atoms. The van der Waals surface area contributed by atoms with Crippen LogP contribution in [0.1, 0.15) is 0 Å². The molecular weight excluding hydrogens is 398 g/mol. The number of rotatable bonds is 2. The van der Waals surface area contributed by atoms with E-state index in [9.17, 15) is 0 Å². The lowest BCUT2D eigenvalue weighted by Crippen LogP contribution is -1.97. The Morgan fingerprint density at radius 3 is 1.96 bits per heavy atom. The third-order valence-corrected chi connectivity index (χ3v) is 5.36. The normalized spacial score (nSPS) is 11.3. The van der Waals surface area contributed by atoms with Crippen LogP contribution in [0.15, 0.2) is 83.3 Å². The number of aromatic nitrogens is 3. The van der Waals surface area contributed by atoms with E-state index in [1.54, 1.807) is 0 Å². The smallest absolute Gasteiger partial charge is 0.160 e. The lowest BCUT2D eigenvalue weighted by molar-refractivity contribution is 0.987. The third kappa shape index (κ3) is 2.64. The van der Waals surface area contributed by atoms with Crippen molar-refractivity contribution in [2.45, 2.75) is 0 Å². The summed E-state index contributed by atoms with van der Waals surface area (Å²) < 4.78 is 3.16. The van der Waals surface area contributed by atoms with Gasteiger partial charge in [-0.3, -0.25) is 0 Å². The van der Waals surface area contributed by atoms with Crippen molar-refractivity contribution in [2.75, 3.05) is 0 Å². The molecule has 4 heteroatoms. The van der Waals surface area contributed by atoms with Gasteiger partial charge in [0, 0.05) is 28.0 Å². The molecule has 0 radical (unpaired) electrons. The lowest BCUT2D eigenvalue weighted by Gasteiger charge is -2.09. The predicted molar refractivity (Wildman–Crippen MR) is 115 cm³/mol. The minimum absolute atomic E-state index is 0.890. The summed E-state index contributed by atoms with van der Waals surface area (Å²) in [6.07, 6.45) is 0. The Morgan fingerprint density at radius 2 is 1.33 bits per heavy atom. The van der Waals surface area contributed by atoms with E-state index in [4.69, 9.17) is 9.97 Å². The first kappa shape index (κ1) is 16.2. The predicted octanol–water partition coefficient (Wildman–Crippen LogP) is 6.22. The number of hydrogen-bond donors (Lipinski definition) is 0. The molecule has 5 rings (SSSR count). The fraction of sp³-hybridized carbons (Fsp3) is 0.0435. The van der Waals surface area contributed by atoms with Crippen molar-refractivity contribution in [3.8, 4) is 22.5 Å². The van der Waals surface area contributed by atoms with Gasteiger partial charge in [-0.1, -0.05) is 76.6 Å². The van der Waals surface area contributed by atoms with E-state index in [0.717, 1.165) is 49.1 Å². The third-order valence-electron chi connectivity index (χ3n) is 4.87. The molecule has 5 aromatic rings. The first-order valence-electron chi connectivity index (χ1n) is 8.79. The molecule has 0 aliphatic heterocycles. The fourth-order valence-electron chi connectivity index (χ4n) is 3.53. The first-order chi connectivity index (χ1) is 13.2. The molecule has 0 atom stereocenters. The molecular formula is C23H16BrN3. The van der Waals surface area contributed by atoms with E-state index >= 15 is 0 Å². The summed E-state index contributed by atoms with van der Waals surface area (Å²) in [6, 6.07) is 26.8. The molecule has 0 bridgehead atoms. The number of benzene rings is 3. The molecule has 27 heavy (non-hydrogen) atoms. The molecule has 0 saturated heterocycles. The summed E-state index contributed by atoms with van der Waals surface area (Å²) in [4.78, 5) is 10.2. The molecule has 0 N–H and O–H groups in total. The van der Waals surface area contributed by atoms with E-state index in [1.807, 2.05) is 43.4 Å². The van der Waals surface area contributed by atoms with E-state index in [0.29, 0.717) is 0 Å². The monoisotopic (exact) mass is 413 g/mol. The Labute approximate surface area is 165 Å². The number of halogens is 1. The van der Waals surface area contributed by atoms with Crippen LogP contribution >= 0.6 is 15.9 Å². The highest BCUT2D eigenvalue weighted by molar-refractivity contribution is 9.10. The van der Waals surface area contributed by atoms with Crippen molar-refractivity contribution in [3.63, 3.8) is 0 Å². The fourth-order valence-corrected chi connectivity index (χ4v) is 3.88. The van der Waals surface area contributed by atoms with Gasteiger partial charge in [0.2, 0.25) is 0 Å². The molecule has 0 fully saturated rings. The van der Waals surface area contributed by atoms with E-state index in [-0.39, 0.29) is 0 Å². The summed E-state index contributed by atoms with van der Waals surface area (Å²) in [6.45, 7) is 0. The van der Waals surface area contributed by atoms with Crippen LogP contribution in [-0.4, -0.2) is 14.5 Å². The van der Waals surface area contributed by atoms with E-state index < -0.39 is 0 Å². The zero-order valence-corrected chi connectivity index (χ0v) is 16.3. The topological polar surface area (TPSA) is 30.7 Å². The average molecular weight is 414 g/mol. The quantitative estimate of drug-likeness (QED) is 0.344. The largest absolute Gasteiger partial charge is 0.327 e. The second kappa shape index (κ2) is 6.32. The number of aryl methyl sites for hydroxylation is 1. The van der Waals surface area contributed by atoms with Crippen molar-refractivity contribution in [1.82, 2.24) is 14.5 Å². The summed E-state index contributed by atoms with van der Waals surface area (Å²) in [5.41, 5.74) is 6.88. The second-order valence-corrected chi connectivity index (χ2v) is 7.46. The maximum atomic E-state index is 5.10. The maximum absolute atomic E-state index is 5.10. The highest BCUT2D eigenvalue weighted by Crippen LogP contribution is 2.34. The molecule has 0 aliphatic carbocycles. The van der Waals surface area contributed by atoms with Gasteiger partial charge in [0.25, 0.3) is 0 Å². The SMILES string of the molecule is Cn1c2cc(Br)ccc2c2nc(-c3ccccc3)c(-c3ccccc3)nc21. The zero-order chi connectivity index (χ0) is 18.4. The Morgan fingerprint density at radius 1 is 0.741 bits per heavy atom. The highest BCUT2D eigenvalue weighted by Gasteiger charge is 2.18. The molecule has 3 nitrogen and oxygen atoms in total. The number of hydrogen-bond acceptors (Lipinski definition) is 2.